The van der Waals surface area contributed by atoms with Crippen molar-refractivity contribution >= 4 is 31.9 Å². The zero-order valence-electron chi connectivity index (χ0n) is 11.7. The highest BCUT2D eigenvalue weighted by Gasteiger charge is 2.14. The summed E-state index contributed by atoms with van der Waals surface area (Å²) >= 11 is 7.16. The first-order valence-corrected chi connectivity index (χ1v) is 8.34. The number of nitrogens with zero attached hydrogens (tertiary/aromatic N) is 2. The van der Waals surface area contributed by atoms with Gasteiger partial charge < -0.3 is 5.32 Å². The zero-order chi connectivity index (χ0) is 14.5. The van der Waals surface area contributed by atoms with E-state index in [0.717, 1.165) is 28.3 Å². The normalized spacial score (nSPS) is 12.6. The first-order valence-electron chi connectivity index (χ1n) is 6.76. The summed E-state index contributed by atoms with van der Waals surface area (Å²) in [5, 5.41) is 7.79. The molecule has 1 aromatic heterocycles. The molecule has 108 valence electrons. The van der Waals surface area contributed by atoms with Gasteiger partial charge in [-0.3, -0.25) is 4.68 Å². The molecule has 0 saturated heterocycles. The summed E-state index contributed by atoms with van der Waals surface area (Å²) in [4.78, 5) is 0. The van der Waals surface area contributed by atoms with Gasteiger partial charge in [0.25, 0.3) is 0 Å². The van der Waals surface area contributed by atoms with Gasteiger partial charge in [0.15, 0.2) is 0 Å². The minimum atomic E-state index is 0.350. The van der Waals surface area contributed by atoms with Gasteiger partial charge >= 0.3 is 0 Å². The fourth-order valence-corrected chi connectivity index (χ4v) is 3.63. The minimum absolute atomic E-state index is 0.350. The maximum absolute atomic E-state index is 4.22. The summed E-state index contributed by atoms with van der Waals surface area (Å²) in [7, 11) is 1.95. The number of rotatable bonds is 6. The highest BCUT2D eigenvalue weighted by molar-refractivity contribution is 9.11. The van der Waals surface area contributed by atoms with Gasteiger partial charge in [0.05, 0.1) is 6.20 Å². The lowest BCUT2D eigenvalue weighted by Crippen LogP contribution is -2.21. The van der Waals surface area contributed by atoms with Gasteiger partial charge in [-0.05, 0) is 42.6 Å². The highest BCUT2D eigenvalue weighted by atomic mass is 79.9. The van der Waals surface area contributed by atoms with Crippen LogP contribution >= 0.6 is 31.9 Å². The van der Waals surface area contributed by atoms with Crippen LogP contribution in [0, 0.1) is 0 Å². The van der Waals surface area contributed by atoms with Crippen molar-refractivity contribution in [1.82, 2.24) is 15.1 Å². The molecule has 20 heavy (non-hydrogen) atoms. The third-order valence-corrected chi connectivity index (χ3v) is 4.45. The third-order valence-electron chi connectivity index (χ3n) is 3.27. The van der Waals surface area contributed by atoms with Crippen molar-refractivity contribution in [3.05, 3.63) is 50.7 Å². The van der Waals surface area contributed by atoms with E-state index in [9.17, 15) is 0 Å². The van der Waals surface area contributed by atoms with E-state index in [-0.39, 0.29) is 0 Å². The summed E-state index contributed by atoms with van der Waals surface area (Å²) in [6, 6.07) is 6.71. The van der Waals surface area contributed by atoms with E-state index in [1.807, 2.05) is 17.9 Å². The molecule has 5 heteroatoms. The van der Waals surface area contributed by atoms with E-state index < -0.39 is 0 Å². The number of aryl methyl sites for hydroxylation is 2. The largest absolute Gasteiger partial charge is 0.310 e. The monoisotopic (exact) mass is 399 g/mol. The second-order valence-electron chi connectivity index (χ2n) is 4.84. The minimum Gasteiger partial charge on any atom is -0.310 e. The van der Waals surface area contributed by atoms with Gasteiger partial charge in [0.2, 0.25) is 0 Å². The van der Waals surface area contributed by atoms with Crippen LogP contribution in [0.4, 0.5) is 0 Å². The Hall–Kier alpha value is -0.650. The maximum Gasteiger partial charge on any atom is 0.0521 e. The Morgan fingerprint density at radius 3 is 2.75 bits per heavy atom. The van der Waals surface area contributed by atoms with E-state index in [2.05, 4.69) is 73.6 Å². The molecule has 1 N–H and O–H groups in total. The smallest absolute Gasteiger partial charge is 0.0521 e. The van der Waals surface area contributed by atoms with Crippen molar-refractivity contribution in [1.29, 1.82) is 0 Å². The van der Waals surface area contributed by atoms with Gasteiger partial charge in [0.1, 0.15) is 0 Å². The molecule has 0 amide bonds. The number of hydrogen-bond acceptors (Lipinski definition) is 2. The maximum atomic E-state index is 4.22. The number of benzene rings is 1. The van der Waals surface area contributed by atoms with Crippen LogP contribution in [0.25, 0.3) is 0 Å². The molecule has 0 aliphatic heterocycles. The molecule has 0 bridgehead atoms. The number of nitrogens with one attached hydrogen (secondary N) is 1. The molecule has 0 radical (unpaired) electrons. The summed E-state index contributed by atoms with van der Waals surface area (Å²) in [6.45, 7) is 3.10. The fraction of sp³-hybridized carbons (Fsp3) is 0.400. The molecule has 1 aromatic carbocycles. The van der Waals surface area contributed by atoms with Gasteiger partial charge in [-0.1, -0.05) is 44.8 Å². The second-order valence-corrected chi connectivity index (χ2v) is 6.61. The lowest BCUT2D eigenvalue weighted by atomic mass is 10.00. The molecule has 3 nitrogen and oxygen atoms in total. The van der Waals surface area contributed by atoms with E-state index in [1.165, 1.54) is 11.1 Å². The first kappa shape index (κ1) is 15.7. The van der Waals surface area contributed by atoms with Crippen LogP contribution in [-0.2, 0) is 13.5 Å². The molecule has 0 aliphatic rings. The van der Waals surface area contributed by atoms with Crippen LogP contribution < -0.4 is 5.32 Å². The van der Waals surface area contributed by atoms with Crippen LogP contribution in [0.2, 0.25) is 0 Å². The number of hydrogen-bond donors (Lipinski definition) is 1. The van der Waals surface area contributed by atoms with Crippen molar-refractivity contribution in [3.63, 3.8) is 0 Å². The van der Waals surface area contributed by atoms with Crippen molar-refractivity contribution in [3.8, 4) is 0 Å². The number of halogens is 2. The molecule has 0 fully saturated rings. The Labute approximate surface area is 137 Å². The topological polar surface area (TPSA) is 29.9 Å². The molecule has 0 spiro atoms. The average Bonchev–Trinajstić information content (AvgIpc) is 2.81. The Balaban J connectivity index is 2.09. The molecule has 0 aliphatic carbocycles. The summed E-state index contributed by atoms with van der Waals surface area (Å²) < 4.78 is 4.09. The summed E-state index contributed by atoms with van der Waals surface area (Å²) in [5.41, 5.74) is 2.59. The molecule has 1 atom stereocenters. The van der Waals surface area contributed by atoms with E-state index in [0.29, 0.717) is 6.04 Å². The van der Waals surface area contributed by atoms with Crippen molar-refractivity contribution < 1.29 is 0 Å². The van der Waals surface area contributed by atoms with Crippen LogP contribution in [0.15, 0.2) is 39.5 Å². The molecular weight excluding hydrogens is 382 g/mol. The third kappa shape index (κ3) is 4.17. The zero-order valence-corrected chi connectivity index (χ0v) is 14.9. The molecule has 1 unspecified atom stereocenters. The van der Waals surface area contributed by atoms with E-state index in [1.54, 1.807) is 0 Å². The second kappa shape index (κ2) is 7.38. The van der Waals surface area contributed by atoms with Crippen molar-refractivity contribution in [2.45, 2.75) is 25.8 Å². The Morgan fingerprint density at radius 2 is 2.15 bits per heavy atom. The predicted molar refractivity (Wildman–Crippen MR) is 89.8 cm³/mol. The molecule has 1 heterocycles. The molecule has 2 rings (SSSR count). The highest BCUT2D eigenvalue weighted by Crippen LogP contribution is 2.29. The van der Waals surface area contributed by atoms with Gasteiger partial charge in [-0.2, -0.15) is 5.10 Å². The van der Waals surface area contributed by atoms with Crippen molar-refractivity contribution in [2.75, 3.05) is 6.54 Å². The van der Waals surface area contributed by atoms with E-state index in [4.69, 9.17) is 0 Å². The lowest BCUT2D eigenvalue weighted by Gasteiger charge is -2.19. The average molecular weight is 401 g/mol. The lowest BCUT2D eigenvalue weighted by molar-refractivity contribution is 0.513. The molecular formula is C15H19Br2N3. The summed E-state index contributed by atoms with van der Waals surface area (Å²) in [5.74, 6) is 0. The molecule has 2 aromatic rings. The number of aromatic nitrogens is 2. The van der Waals surface area contributed by atoms with Crippen LogP contribution in [0.5, 0.6) is 0 Å². The van der Waals surface area contributed by atoms with Crippen LogP contribution in [0.1, 0.15) is 30.5 Å². The van der Waals surface area contributed by atoms with Gasteiger partial charge in [-0.15, -0.1) is 0 Å². The predicted octanol–water partition coefficient (Wildman–Crippen LogP) is 4.23. The van der Waals surface area contributed by atoms with Crippen molar-refractivity contribution in [2.24, 2.45) is 7.05 Å². The Morgan fingerprint density at radius 1 is 1.35 bits per heavy atom. The molecule has 0 saturated carbocycles. The van der Waals surface area contributed by atoms with Crippen LogP contribution in [0.3, 0.4) is 0 Å². The SMILES string of the molecule is CCNC(CCc1cnn(C)c1)c1ccc(Br)cc1Br. The fourth-order valence-electron chi connectivity index (χ4n) is 2.31. The Kier molecular flexibility index (Phi) is 5.81. The van der Waals surface area contributed by atoms with Gasteiger partial charge in [0, 0.05) is 28.2 Å². The first-order chi connectivity index (χ1) is 9.60. The summed E-state index contributed by atoms with van der Waals surface area (Å²) in [6.07, 6.45) is 6.10. The van der Waals surface area contributed by atoms with Crippen LogP contribution in [-0.4, -0.2) is 16.3 Å². The van der Waals surface area contributed by atoms with Gasteiger partial charge in [-0.25, -0.2) is 0 Å². The quantitative estimate of drug-likeness (QED) is 0.786. The Bertz CT molecular complexity index is 566. The van der Waals surface area contributed by atoms with E-state index >= 15 is 0 Å². The standard InChI is InChI=1S/C15H19Br2N3/c1-3-18-15(7-4-11-9-19-20(2)10-11)13-6-5-12(16)8-14(13)17/h5-6,8-10,15,18H,3-4,7H2,1-2H3.